The van der Waals surface area contributed by atoms with E-state index in [9.17, 15) is 0 Å². The SMILES string of the molecule is c1ccc(-c2ccc(N(c3ccc4c(c3)oc3ccccc34)c3cc4nc(-c5cccc6c5sc5ccccc56)oc4c4c3oc3ccccc34)cc2)cc1. The Balaban J connectivity index is 1.12. The van der Waals surface area contributed by atoms with E-state index in [1.165, 1.54) is 15.5 Å². The van der Waals surface area contributed by atoms with Crippen LogP contribution in [0.15, 0.2) is 183 Å². The van der Waals surface area contributed by atoms with Crippen LogP contribution in [0, 0.1) is 0 Å². The van der Waals surface area contributed by atoms with E-state index >= 15 is 0 Å². The summed E-state index contributed by atoms with van der Waals surface area (Å²) in [6, 6.07) is 58.9. The van der Waals surface area contributed by atoms with Crippen LogP contribution >= 0.6 is 11.3 Å². The highest BCUT2D eigenvalue weighted by atomic mass is 32.1. The number of hydrogen-bond donors (Lipinski definition) is 0. The molecule has 8 aromatic carbocycles. The third-order valence-electron chi connectivity index (χ3n) is 10.7. The second-order valence-electron chi connectivity index (χ2n) is 13.9. The minimum absolute atomic E-state index is 0.582. The van der Waals surface area contributed by atoms with E-state index in [4.69, 9.17) is 18.2 Å². The van der Waals surface area contributed by atoms with Crippen LogP contribution in [-0.4, -0.2) is 4.98 Å². The third kappa shape index (κ3) is 4.62. The van der Waals surface area contributed by atoms with E-state index in [2.05, 4.69) is 132 Å². The van der Waals surface area contributed by atoms with Crippen LogP contribution < -0.4 is 4.90 Å². The van der Waals surface area contributed by atoms with Gasteiger partial charge in [-0.2, -0.15) is 0 Å². The Morgan fingerprint density at radius 3 is 1.98 bits per heavy atom. The van der Waals surface area contributed by atoms with Crippen molar-refractivity contribution in [2.75, 3.05) is 4.90 Å². The van der Waals surface area contributed by atoms with E-state index in [0.29, 0.717) is 17.1 Å². The summed E-state index contributed by atoms with van der Waals surface area (Å²) in [5.74, 6) is 0.582. The molecule has 0 aliphatic rings. The summed E-state index contributed by atoms with van der Waals surface area (Å²) in [7, 11) is 0. The highest BCUT2D eigenvalue weighted by molar-refractivity contribution is 7.26. The quantitative estimate of drug-likeness (QED) is 0.177. The summed E-state index contributed by atoms with van der Waals surface area (Å²) in [6.07, 6.45) is 0. The molecule has 55 heavy (non-hydrogen) atoms. The molecule has 12 rings (SSSR count). The monoisotopic (exact) mass is 724 g/mol. The summed E-state index contributed by atoms with van der Waals surface area (Å²) in [5.41, 5.74) is 10.6. The van der Waals surface area contributed by atoms with Gasteiger partial charge in [-0.05, 0) is 65.7 Å². The zero-order valence-electron chi connectivity index (χ0n) is 29.2. The Morgan fingerprint density at radius 1 is 0.455 bits per heavy atom. The number of aromatic nitrogens is 1. The average Bonchev–Trinajstić information content (AvgIpc) is 4.02. The van der Waals surface area contributed by atoms with E-state index in [0.717, 1.165) is 82.3 Å². The number of thiophene rings is 1. The van der Waals surface area contributed by atoms with Crippen LogP contribution in [-0.2, 0) is 0 Å². The maximum atomic E-state index is 6.84. The summed E-state index contributed by atoms with van der Waals surface area (Å²) in [5, 5.41) is 6.46. The predicted molar refractivity (Wildman–Crippen MR) is 227 cm³/mol. The van der Waals surface area contributed by atoms with Gasteiger partial charge in [-0.3, -0.25) is 0 Å². The molecule has 0 aliphatic carbocycles. The Bertz CT molecular complexity index is 3440. The number of rotatable bonds is 5. The zero-order valence-corrected chi connectivity index (χ0v) is 30.0. The van der Waals surface area contributed by atoms with Gasteiger partial charge in [-0.15, -0.1) is 11.3 Å². The van der Waals surface area contributed by atoms with Gasteiger partial charge in [0, 0.05) is 48.1 Å². The molecule has 4 aromatic heterocycles. The molecule has 0 aliphatic heterocycles. The fraction of sp³-hybridized carbons (Fsp3) is 0. The van der Waals surface area contributed by atoms with E-state index in [1.807, 2.05) is 42.5 Å². The Hall–Kier alpha value is -7.15. The van der Waals surface area contributed by atoms with Gasteiger partial charge in [0.25, 0.3) is 0 Å². The van der Waals surface area contributed by atoms with E-state index in [-0.39, 0.29) is 0 Å². The first-order chi connectivity index (χ1) is 27.2. The average molecular weight is 725 g/mol. The van der Waals surface area contributed by atoms with Crippen molar-refractivity contribution in [1.29, 1.82) is 0 Å². The molecule has 258 valence electrons. The second-order valence-corrected chi connectivity index (χ2v) is 14.9. The van der Waals surface area contributed by atoms with Gasteiger partial charge >= 0.3 is 0 Å². The molecule has 0 saturated carbocycles. The number of oxazole rings is 1. The molecule has 4 heterocycles. The summed E-state index contributed by atoms with van der Waals surface area (Å²) >= 11 is 1.77. The molecule has 6 heteroatoms. The van der Waals surface area contributed by atoms with Crippen molar-refractivity contribution in [3.63, 3.8) is 0 Å². The van der Waals surface area contributed by atoms with Gasteiger partial charge < -0.3 is 18.2 Å². The number of para-hydroxylation sites is 2. The lowest BCUT2D eigenvalue weighted by Gasteiger charge is -2.25. The van der Waals surface area contributed by atoms with Crippen molar-refractivity contribution in [1.82, 2.24) is 4.98 Å². The van der Waals surface area contributed by atoms with Crippen LogP contribution in [0.4, 0.5) is 17.1 Å². The number of nitrogens with zero attached hydrogens (tertiary/aromatic N) is 2. The molecule has 0 radical (unpaired) electrons. The molecule has 0 fully saturated rings. The normalized spacial score (nSPS) is 12.0. The topological polar surface area (TPSA) is 55.6 Å². The maximum absolute atomic E-state index is 6.84. The first-order valence-corrected chi connectivity index (χ1v) is 19.1. The lowest BCUT2D eigenvalue weighted by atomic mass is 10.0. The zero-order chi connectivity index (χ0) is 36.0. The number of furan rings is 2. The van der Waals surface area contributed by atoms with Crippen LogP contribution in [0.2, 0.25) is 0 Å². The number of fused-ring (bicyclic) bond motifs is 11. The van der Waals surface area contributed by atoms with E-state index in [1.54, 1.807) is 11.3 Å². The molecule has 0 spiro atoms. The summed E-state index contributed by atoms with van der Waals surface area (Å²) < 4.78 is 22.5. The Kier molecular flexibility index (Phi) is 6.44. The Morgan fingerprint density at radius 2 is 1.13 bits per heavy atom. The van der Waals surface area contributed by atoms with E-state index < -0.39 is 0 Å². The fourth-order valence-corrected chi connectivity index (χ4v) is 9.37. The van der Waals surface area contributed by atoms with Crippen molar-refractivity contribution in [2.45, 2.75) is 0 Å². The van der Waals surface area contributed by atoms with Gasteiger partial charge in [0.05, 0.1) is 22.3 Å². The lowest BCUT2D eigenvalue weighted by Crippen LogP contribution is -2.10. The molecule has 0 amide bonds. The van der Waals surface area contributed by atoms with Gasteiger partial charge in [0.1, 0.15) is 22.3 Å². The van der Waals surface area contributed by atoms with Crippen molar-refractivity contribution >= 4 is 104 Å². The van der Waals surface area contributed by atoms with Crippen molar-refractivity contribution in [2.24, 2.45) is 0 Å². The summed E-state index contributed by atoms with van der Waals surface area (Å²) in [6.45, 7) is 0. The van der Waals surface area contributed by atoms with Gasteiger partial charge in [0.2, 0.25) is 5.89 Å². The lowest BCUT2D eigenvalue weighted by molar-refractivity contribution is 0.623. The first-order valence-electron chi connectivity index (χ1n) is 18.3. The van der Waals surface area contributed by atoms with Crippen LogP contribution in [0.5, 0.6) is 0 Å². The molecular weight excluding hydrogens is 697 g/mol. The van der Waals surface area contributed by atoms with Gasteiger partial charge in [-0.1, -0.05) is 109 Å². The molecular formula is C49H28N2O3S. The maximum Gasteiger partial charge on any atom is 0.228 e. The molecule has 0 N–H and O–H groups in total. The number of benzene rings is 8. The first kappa shape index (κ1) is 30.3. The molecule has 0 atom stereocenters. The molecule has 0 bridgehead atoms. The highest BCUT2D eigenvalue weighted by Crippen LogP contribution is 2.48. The third-order valence-corrected chi connectivity index (χ3v) is 11.9. The van der Waals surface area contributed by atoms with Crippen LogP contribution in [0.3, 0.4) is 0 Å². The minimum Gasteiger partial charge on any atom is -0.456 e. The molecule has 0 saturated heterocycles. The molecule has 5 nitrogen and oxygen atoms in total. The second kappa shape index (κ2) is 11.7. The predicted octanol–water partition coefficient (Wildman–Crippen LogP) is 14.8. The van der Waals surface area contributed by atoms with Gasteiger partial charge in [0.15, 0.2) is 11.2 Å². The highest BCUT2D eigenvalue weighted by Gasteiger charge is 2.26. The van der Waals surface area contributed by atoms with Gasteiger partial charge in [-0.25, -0.2) is 4.98 Å². The number of hydrogen-bond acceptors (Lipinski definition) is 6. The molecule has 12 aromatic rings. The number of anilines is 3. The smallest absolute Gasteiger partial charge is 0.228 e. The van der Waals surface area contributed by atoms with Crippen molar-refractivity contribution in [3.8, 4) is 22.6 Å². The fourth-order valence-electron chi connectivity index (χ4n) is 8.17. The van der Waals surface area contributed by atoms with Crippen LogP contribution in [0.1, 0.15) is 0 Å². The Labute approximate surface area is 317 Å². The summed E-state index contributed by atoms with van der Waals surface area (Å²) in [4.78, 5) is 7.50. The van der Waals surface area contributed by atoms with Crippen molar-refractivity contribution in [3.05, 3.63) is 170 Å². The molecule has 0 unspecified atom stereocenters. The largest absolute Gasteiger partial charge is 0.456 e. The van der Waals surface area contributed by atoms with Crippen molar-refractivity contribution < 1.29 is 13.3 Å². The standard InChI is InChI=1S/C49H28N2O3S/c1-2-11-29(12-3-1)30-21-23-31(24-22-30)51(32-25-26-34-33-13-4-7-18-41(33)52-43(34)27-32)40-28-39-46(45-37-15-5-8-19-42(37)53-47(40)45)54-49(50-39)38-17-10-16-36-35-14-6-9-20-44(35)55-48(36)38/h1-28H. The minimum atomic E-state index is 0.582. The van der Waals surface area contributed by atoms with Crippen LogP contribution in [0.25, 0.3) is 97.7 Å².